The SMILES string of the molecule is COc1cc(C2CC(=O)C3=C(C2)NC(=O)CC3c2ccccc2)ccc1OC(C)C. The van der Waals surface area contributed by atoms with Gasteiger partial charge < -0.3 is 14.8 Å². The van der Waals surface area contributed by atoms with Gasteiger partial charge in [0.15, 0.2) is 17.3 Å². The van der Waals surface area contributed by atoms with Gasteiger partial charge in [-0.15, -0.1) is 0 Å². The molecule has 1 heterocycles. The van der Waals surface area contributed by atoms with E-state index in [0.717, 1.165) is 22.4 Å². The number of hydrogen-bond acceptors (Lipinski definition) is 4. The largest absolute Gasteiger partial charge is 0.493 e. The van der Waals surface area contributed by atoms with Gasteiger partial charge in [-0.05, 0) is 49.4 Å². The number of amides is 1. The van der Waals surface area contributed by atoms with Crippen molar-refractivity contribution in [3.05, 3.63) is 70.9 Å². The fourth-order valence-corrected chi connectivity index (χ4v) is 4.46. The van der Waals surface area contributed by atoms with E-state index in [1.54, 1.807) is 7.11 Å². The van der Waals surface area contributed by atoms with Crippen LogP contribution >= 0.6 is 0 Å². The minimum absolute atomic E-state index is 0.00641. The lowest BCUT2D eigenvalue weighted by atomic mass is 9.73. The second-order valence-electron chi connectivity index (χ2n) is 8.21. The highest BCUT2D eigenvalue weighted by Crippen LogP contribution is 2.43. The topological polar surface area (TPSA) is 64.6 Å². The summed E-state index contributed by atoms with van der Waals surface area (Å²) in [6.45, 7) is 3.94. The summed E-state index contributed by atoms with van der Waals surface area (Å²) in [4.78, 5) is 25.6. The van der Waals surface area contributed by atoms with Crippen molar-refractivity contribution < 1.29 is 19.1 Å². The molecule has 5 nitrogen and oxygen atoms in total. The van der Waals surface area contributed by atoms with Gasteiger partial charge in [-0.1, -0.05) is 36.4 Å². The summed E-state index contributed by atoms with van der Waals surface area (Å²) in [7, 11) is 1.62. The maximum atomic E-state index is 13.2. The van der Waals surface area contributed by atoms with Crippen LogP contribution in [0.4, 0.5) is 0 Å². The van der Waals surface area contributed by atoms with Crippen molar-refractivity contribution in [2.24, 2.45) is 0 Å². The Kier molecular flexibility index (Phi) is 5.62. The third-order valence-electron chi connectivity index (χ3n) is 5.76. The van der Waals surface area contributed by atoms with Gasteiger partial charge in [-0.3, -0.25) is 9.59 Å². The predicted octanol–water partition coefficient (Wildman–Crippen LogP) is 4.49. The van der Waals surface area contributed by atoms with Crippen molar-refractivity contribution in [1.29, 1.82) is 0 Å². The van der Waals surface area contributed by atoms with Gasteiger partial charge >= 0.3 is 0 Å². The quantitative estimate of drug-likeness (QED) is 0.796. The van der Waals surface area contributed by atoms with E-state index in [2.05, 4.69) is 5.32 Å². The van der Waals surface area contributed by atoms with Crippen molar-refractivity contribution in [2.75, 3.05) is 7.11 Å². The molecule has 0 spiro atoms. The number of hydrogen-bond donors (Lipinski definition) is 1. The van der Waals surface area contributed by atoms with Crippen LogP contribution in [0.5, 0.6) is 11.5 Å². The zero-order valence-electron chi connectivity index (χ0n) is 17.6. The Morgan fingerprint density at radius 2 is 1.70 bits per heavy atom. The third-order valence-corrected chi connectivity index (χ3v) is 5.76. The number of Topliss-reactive ketones (excluding diaryl/α,β-unsaturated/α-hetero) is 1. The van der Waals surface area contributed by atoms with Crippen LogP contribution in [0.2, 0.25) is 0 Å². The van der Waals surface area contributed by atoms with Gasteiger partial charge in [0.25, 0.3) is 0 Å². The fraction of sp³-hybridized carbons (Fsp3) is 0.360. The number of allylic oxidation sites excluding steroid dienone is 2. The van der Waals surface area contributed by atoms with Crippen LogP contribution in [-0.4, -0.2) is 24.9 Å². The molecule has 5 heteroatoms. The molecule has 2 atom stereocenters. The second-order valence-corrected chi connectivity index (χ2v) is 8.21. The molecule has 1 N–H and O–H groups in total. The first-order valence-electron chi connectivity index (χ1n) is 10.4. The van der Waals surface area contributed by atoms with Crippen molar-refractivity contribution in [3.63, 3.8) is 0 Å². The van der Waals surface area contributed by atoms with Crippen LogP contribution in [0.25, 0.3) is 0 Å². The molecule has 1 aliphatic heterocycles. The van der Waals surface area contributed by atoms with Crippen LogP contribution in [0, 0.1) is 0 Å². The Balaban J connectivity index is 1.65. The molecule has 0 saturated heterocycles. The van der Waals surface area contributed by atoms with Crippen LogP contribution < -0.4 is 14.8 Å². The number of benzene rings is 2. The highest BCUT2D eigenvalue weighted by molar-refractivity contribution is 6.02. The molecule has 1 amide bonds. The van der Waals surface area contributed by atoms with Gasteiger partial charge in [0, 0.05) is 30.0 Å². The van der Waals surface area contributed by atoms with Gasteiger partial charge in [-0.25, -0.2) is 0 Å². The minimum atomic E-state index is -0.167. The molecule has 4 rings (SSSR count). The Morgan fingerprint density at radius 3 is 2.40 bits per heavy atom. The average molecular weight is 405 g/mol. The molecule has 2 aromatic rings. The summed E-state index contributed by atoms with van der Waals surface area (Å²) >= 11 is 0. The number of ketones is 1. The predicted molar refractivity (Wildman–Crippen MR) is 115 cm³/mol. The lowest BCUT2D eigenvalue weighted by Gasteiger charge is -2.34. The van der Waals surface area contributed by atoms with E-state index in [-0.39, 0.29) is 29.6 Å². The molecule has 0 aromatic heterocycles. The summed E-state index contributed by atoms with van der Waals surface area (Å²) in [5.74, 6) is 1.25. The lowest BCUT2D eigenvalue weighted by molar-refractivity contribution is -0.122. The normalized spacial score (nSPS) is 21.3. The number of methoxy groups -OCH3 is 1. The first-order chi connectivity index (χ1) is 14.5. The first kappa shape index (κ1) is 20.2. The highest BCUT2D eigenvalue weighted by Gasteiger charge is 2.38. The maximum absolute atomic E-state index is 13.2. The Hall–Kier alpha value is -3.08. The monoisotopic (exact) mass is 405 g/mol. The molecule has 2 aromatic carbocycles. The molecule has 0 radical (unpaired) electrons. The van der Waals surface area contributed by atoms with Crippen molar-refractivity contribution in [1.82, 2.24) is 5.32 Å². The van der Waals surface area contributed by atoms with Crippen molar-refractivity contribution in [3.8, 4) is 11.5 Å². The standard InChI is InChI=1S/C25H27NO4/c1-15(2)30-22-10-9-17(13-23(22)29-3)18-11-20-25(21(27)12-18)19(14-24(28)26-20)16-7-5-4-6-8-16/h4-10,13,15,18-19H,11-12,14H2,1-3H3,(H,26,28). The zero-order chi connectivity index (χ0) is 21.3. The van der Waals surface area contributed by atoms with E-state index in [9.17, 15) is 9.59 Å². The fourth-order valence-electron chi connectivity index (χ4n) is 4.46. The van der Waals surface area contributed by atoms with Crippen molar-refractivity contribution >= 4 is 11.7 Å². The number of ether oxygens (including phenoxy) is 2. The molecule has 2 aliphatic rings. The van der Waals surface area contributed by atoms with Crippen LogP contribution in [-0.2, 0) is 9.59 Å². The van der Waals surface area contributed by atoms with E-state index in [1.807, 2.05) is 62.4 Å². The first-order valence-corrected chi connectivity index (χ1v) is 10.4. The molecule has 156 valence electrons. The lowest BCUT2D eigenvalue weighted by Crippen LogP contribution is -2.38. The van der Waals surface area contributed by atoms with Gasteiger partial charge in [-0.2, -0.15) is 0 Å². The summed E-state index contributed by atoms with van der Waals surface area (Å²) in [5.41, 5.74) is 3.56. The second kappa shape index (κ2) is 8.34. The summed E-state index contributed by atoms with van der Waals surface area (Å²) < 4.78 is 11.3. The van der Waals surface area contributed by atoms with Crippen LogP contribution in [0.15, 0.2) is 59.8 Å². The van der Waals surface area contributed by atoms with Gasteiger partial charge in [0.2, 0.25) is 5.91 Å². The molecule has 0 bridgehead atoms. The Morgan fingerprint density at radius 1 is 0.933 bits per heavy atom. The summed E-state index contributed by atoms with van der Waals surface area (Å²) in [5, 5.41) is 2.98. The van der Waals surface area contributed by atoms with E-state index in [4.69, 9.17) is 9.47 Å². The molecule has 30 heavy (non-hydrogen) atoms. The molecule has 1 aliphatic carbocycles. The number of carbonyl (C=O) groups is 2. The Bertz CT molecular complexity index is 993. The summed E-state index contributed by atoms with van der Waals surface area (Å²) in [6.07, 6.45) is 1.41. The highest BCUT2D eigenvalue weighted by atomic mass is 16.5. The smallest absolute Gasteiger partial charge is 0.225 e. The molecular weight excluding hydrogens is 378 g/mol. The van der Waals surface area contributed by atoms with Gasteiger partial charge in [0.1, 0.15) is 0 Å². The zero-order valence-corrected chi connectivity index (χ0v) is 17.6. The molecule has 2 unspecified atom stereocenters. The maximum Gasteiger partial charge on any atom is 0.225 e. The average Bonchev–Trinajstić information content (AvgIpc) is 2.73. The summed E-state index contributed by atoms with van der Waals surface area (Å²) in [6, 6.07) is 15.7. The Labute approximate surface area is 177 Å². The molecule has 0 saturated carbocycles. The third kappa shape index (κ3) is 3.97. The van der Waals surface area contributed by atoms with Crippen LogP contribution in [0.1, 0.15) is 56.1 Å². The number of nitrogens with one attached hydrogen (secondary N) is 1. The number of carbonyl (C=O) groups excluding carboxylic acids is 2. The van der Waals surface area contributed by atoms with E-state index in [0.29, 0.717) is 30.8 Å². The molecule has 0 fully saturated rings. The van der Waals surface area contributed by atoms with Crippen LogP contribution in [0.3, 0.4) is 0 Å². The van der Waals surface area contributed by atoms with E-state index in [1.165, 1.54) is 0 Å². The van der Waals surface area contributed by atoms with E-state index >= 15 is 0 Å². The minimum Gasteiger partial charge on any atom is -0.493 e. The molecular formula is C25H27NO4. The number of rotatable bonds is 5. The van der Waals surface area contributed by atoms with Crippen molar-refractivity contribution in [2.45, 2.75) is 51.0 Å². The van der Waals surface area contributed by atoms with E-state index < -0.39 is 0 Å². The van der Waals surface area contributed by atoms with Gasteiger partial charge in [0.05, 0.1) is 13.2 Å².